The SMILES string of the molecule is O=C(Cn1cnc(-c2nc(-c3ccccc3)cs2)c1)Nc1ccc(F)cc1F. The van der Waals surface area contributed by atoms with Crippen LogP contribution in [0.15, 0.2) is 66.4 Å². The summed E-state index contributed by atoms with van der Waals surface area (Å²) in [7, 11) is 0. The Morgan fingerprint density at radius 1 is 1.11 bits per heavy atom. The smallest absolute Gasteiger partial charge is 0.244 e. The Bertz CT molecular complexity index is 1120. The number of nitrogens with zero attached hydrogens (tertiary/aromatic N) is 3. The number of halogens is 2. The molecule has 5 nitrogen and oxygen atoms in total. The quantitative estimate of drug-likeness (QED) is 0.537. The number of thiazole rings is 1. The van der Waals surface area contributed by atoms with Gasteiger partial charge in [0.2, 0.25) is 5.91 Å². The fraction of sp³-hybridized carbons (Fsp3) is 0.0500. The molecule has 0 aliphatic heterocycles. The zero-order valence-corrected chi connectivity index (χ0v) is 15.3. The third-order valence-electron chi connectivity index (χ3n) is 3.96. The van der Waals surface area contributed by atoms with Crippen LogP contribution in [0.1, 0.15) is 0 Å². The highest BCUT2D eigenvalue weighted by atomic mass is 32.1. The molecule has 0 spiro atoms. The predicted molar refractivity (Wildman–Crippen MR) is 104 cm³/mol. The van der Waals surface area contributed by atoms with Crippen molar-refractivity contribution in [2.24, 2.45) is 0 Å². The summed E-state index contributed by atoms with van der Waals surface area (Å²) in [4.78, 5) is 21.0. The lowest BCUT2D eigenvalue weighted by atomic mass is 10.2. The molecule has 140 valence electrons. The van der Waals surface area contributed by atoms with Gasteiger partial charge >= 0.3 is 0 Å². The van der Waals surface area contributed by atoms with Gasteiger partial charge in [0.05, 0.1) is 17.7 Å². The summed E-state index contributed by atoms with van der Waals surface area (Å²) < 4.78 is 28.2. The van der Waals surface area contributed by atoms with Crippen LogP contribution >= 0.6 is 11.3 Å². The van der Waals surface area contributed by atoms with Crippen molar-refractivity contribution in [3.63, 3.8) is 0 Å². The molecular formula is C20H14F2N4OS. The summed E-state index contributed by atoms with van der Waals surface area (Å²) in [5, 5.41) is 5.11. The molecule has 0 saturated carbocycles. The van der Waals surface area contributed by atoms with Crippen molar-refractivity contribution in [1.29, 1.82) is 0 Å². The molecule has 0 unspecified atom stereocenters. The average Bonchev–Trinajstić information content (AvgIpc) is 3.34. The van der Waals surface area contributed by atoms with Crippen LogP contribution in [0.3, 0.4) is 0 Å². The molecule has 8 heteroatoms. The van der Waals surface area contributed by atoms with Gasteiger partial charge < -0.3 is 9.88 Å². The highest BCUT2D eigenvalue weighted by Crippen LogP contribution is 2.27. The minimum absolute atomic E-state index is 0.0548. The lowest BCUT2D eigenvalue weighted by molar-refractivity contribution is -0.116. The van der Waals surface area contributed by atoms with E-state index in [0.717, 1.165) is 28.4 Å². The second-order valence-corrected chi connectivity index (χ2v) is 6.87. The fourth-order valence-electron chi connectivity index (χ4n) is 2.64. The van der Waals surface area contributed by atoms with Crippen molar-refractivity contribution < 1.29 is 13.6 Å². The summed E-state index contributed by atoms with van der Waals surface area (Å²) in [5.41, 5.74) is 2.46. The van der Waals surface area contributed by atoms with Crippen LogP contribution in [0.5, 0.6) is 0 Å². The molecule has 0 fully saturated rings. The van der Waals surface area contributed by atoms with Gasteiger partial charge in [0.15, 0.2) is 0 Å². The number of carbonyl (C=O) groups excluding carboxylic acids is 1. The Labute approximate surface area is 163 Å². The van der Waals surface area contributed by atoms with E-state index in [1.54, 1.807) is 10.8 Å². The van der Waals surface area contributed by atoms with Gasteiger partial charge in [0.1, 0.15) is 28.9 Å². The topological polar surface area (TPSA) is 59.8 Å². The standard InChI is InChI=1S/C20H14F2N4OS/c21-14-6-7-16(15(22)8-14)24-19(27)10-26-9-17(23-12-26)20-25-18(11-28-20)13-4-2-1-3-5-13/h1-9,11-12H,10H2,(H,24,27). The van der Waals surface area contributed by atoms with Crippen LogP contribution in [-0.4, -0.2) is 20.4 Å². The zero-order chi connectivity index (χ0) is 19.5. The zero-order valence-electron chi connectivity index (χ0n) is 14.5. The monoisotopic (exact) mass is 396 g/mol. The molecule has 2 heterocycles. The number of hydrogen-bond acceptors (Lipinski definition) is 4. The summed E-state index contributed by atoms with van der Waals surface area (Å²) in [6.07, 6.45) is 3.22. The van der Waals surface area contributed by atoms with Gasteiger partial charge in [-0.15, -0.1) is 11.3 Å². The Morgan fingerprint density at radius 2 is 1.93 bits per heavy atom. The Kier molecular flexibility index (Phi) is 4.94. The second-order valence-electron chi connectivity index (χ2n) is 6.01. The van der Waals surface area contributed by atoms with Crippen molar-refractivity contribution in [2.75, 3.05) is 5.32 Å². The van der Waals surface area contributed by atoms with Crippen molar-refractivity contribution >= 4 is 22.9 Å². The van der Waals surface area contributed by atoms with E-state index in [0.29, 0.717) is 5.69 Å². The molecule has 4 rings (SSSR count). The van der Waals surface area contributed by atoms with E-state index < -0.39 is 17.5 Å². The van der Waals surface area contributed by atoms with Crippen LogP contribution in [0.25, 0.3) is 22.0 Å². The minimum atomic E-state index is -0.823. The van der Waals surface area contributed by atoms with Crippen molar-refractivity contribution in [3.05, 3.63) is 78.1 Å². The molecule has 0 aliphatic rings. The van der Waals surface area contributed by atoms with Gasteiger partial charge in [-0.2, -0.15) is 0 Å². The molecular weight excluding hydrogens is 382 g/mol. The number of hydrogen-bond donors (Lipinski definition) is 1. The van der Waals surface area contributed by atoms with Crippen LogP contribution in [0.2, 0.25) is 0 Å². The van der Waals surface area contributed by atoms with Crippen molar-refractivity contribution in [1.82, 2.24) is 14.5 Å². The highest BCUT2D eigenvalue weighted by Gasteiger charge is 2.12. The maximum absolute atomic E-state index is 13.6. The van der Waals surface area contributed by atoms with Crippen LogP contribution in [0, 0.1) is 11.6 Å². The first-order valence-corrected chi connectivity index (χ1v) is 9.24. The van der Waals surface area contributed by atoms with Gasteiger partial charge in [-0.25, -0.2) is 18.7 Å². The molecule has 1 amide bonds. The molecule has 0 radical (unpaired) electrons. The van der Waals surface area contributed by atoms with Gasteiger partial charge in [-0.1, -0.05) is 30.3 Å². The van der Waals surface area contributed by atoms with E-state index >= 15 is 0 Å². The lowest BCUT2D eigenvalue weighted by Gasteiger charge is -2.06. The largest absolute Gasteiger partial charge is 0.327 e. The average molecular weight is 396 g/mol. The van der Waals surface area contributed by atoms with E-state index in [4.69, 9.17) is 0 Å². The number of carbonyl (C=O) groups is 1. The number of benzene rings is 2. The number of anilines is 1. The molecule has 2 aromatic carbocycles. The first-order valence-electron chi connectivity index (χ1n) is 8.36. The molecule has 0 atom stereocenters. The Morgan fingerprint density at radius 3 is 2.71 bits per heavy atom. The lowest BCUT2D eigenvalue weighted by Crippen LogP contribution is -2.18. The van der Waals surface area contributed by atoms with Gasteiger partial charge in [-0.3, -0.25) is 4.79 Å². The highest BCUT2D eigenvalue weighted by molar-refractivity contribution is 7.13. The van der Waals surface area contributed by atoms with E-state index in [2.05, 4.69) is 15.3 Å². The summed E-state index contributed by atoms with van der Waals surface area (Å²) in [5.74, 6) is -1.97. The molecule has 1 N–H and O–H groups in total. The van der Waals surface area contributed by atoms with Crippen LogP contribution < -0.4 is 5.32 Å². The Hall–Kier alpha value is -3.39. The maximum Gasteiger partial charge on any atom is 0.244 e. The van der Waals surface area contributed by atoms with Gasteiger partial charge in [-0.05, 0) is 12.1 Å². The van der Waals surface area contributed by atoms with E-state index in [1.807, 2.05) is 35.7 Å². The Balaban J connectivity index is 1.44. The molecule has 0 saturated heterocycles. The summed E-state index contributed by atoms with van der Waals surface area (Å²) >= 11 is 1.46. The molecule has 2 aromatic heterocycles. The predicted octanol–water partition coefficient (Wildman–Crippen LogP) is 4.59. The summed E-state index contributed by atoms with van der Waals surface area (Å²) in [6, 6.07) is 12.8. The number of aromatic nitrogens is 3. The second kappa shape index (κ2) is 7.69. The number of amides is 1. The van der Waals surface area contributed by atoms with E-state index in [1.165, 1.54) is 23.7 Å². The molecule has 28 heavy (non-hydrogen) atoms. The number of rotatable bonds is 5. The van der Waals surface area contributed by atoms with Crippen LogP contribution in [0.4, 0.5) is 14.5 Å². The first-order chi connectivity index (χ1) is 13.6. The normalized spacial score (nSPS) is 10.8. The van der Waals surface area contributed by atoms with Gasteiger partial charge in [0.25, 0.3) is 0 Å². The first kappa shape index (κ1) is 18.0. The minimum Gasteiger partial charge on any atom is -0.327 e. The third kappa shape index (κ3) is 3.96. The fourth-order valence-corrected chi connectivity index (χ4v) is 3.43. The van der Waals surface area contributed by atoms with E-state index in [-0.39, 0.29) is 12.2 Å². The maximum atomic E-state index is 13.6. The van der Waals surface area contributed by atoms with E-state index in [9.17, 15) is 13.6 Å². The summed E-state index contributed by atoms with van der Waals surface area (Å²) in [6.45, 7) is -0.0548. The third-order valence-corrected chi connectivity index (χ3v) is 4.82. The van der Waals surface area contributed by atoms with Gasteiger partial charge in [0, 0.05) is 23.2 Å². The number of imidazole rings is 1. The molecule has 0 aliphatic carbocycles. The molecule has 0 bridgehead atoms. The molecule has 4 aromatic rings. The van der Waals surface area contributed by atoms with Crippen molar-refractivity contribution in [3.8, 4) is 22.0 Å². The number of nitrogens with one attached hydrogen (secondary N) is 1. The van der Waals surface area contributed by atoms with Crippen molar-refractivity contribution in [2.45, 2.75) is 6.54 Å². The van der Waals surface area contributed by atoms with Crippen LogP contribution in [-0.2, 0) is 11.3 Å².